The van der Waals surface area contributed by atoms with Gasteiger partial charge in [0.05, 0.1) is 18.7 Å². The fraction of sp³-hybridized carbons (Fsp3) is 0.630. The molecule has 2 unspecified atom stereocenters. The number of thioether (sulfide) groups is 2. The van der Waals surface area contributed by atoms with Crippen LogP contribution in [-0.4, -0.2) is 115 Å². The van der Waals surface area contributed by atoms with Crippen LogP contribution in [0.2, 0.25) is 0 Å². The topological polar surface area (TPSA) is 197 Å². The van der Waals surface area contributed by atoms with Gasteiger partial charge in [0.1, 0.15) is 23.2 Å². The molecule has 4 heterocycles. The van der Waals surface area contributed by atoms with Crippen molar-refractivity contribution in [1.29, 1.82) is 0 Å². The molecule has 1 saturated heterocycles. The van der Waals surface area contributed by atoms with E-state index >= 15 is 0 Å². The van der Waals surface area contributed by atoms with E-state index in [1.807, 2.05) is 25.9 Å². The number of hydrogen-bond donors (Lipinski definition) is 2. The number of amides is 2. The first-order chi connectivity index (χ1) is 22.0. The number of carbonyl (C=O) groups excluding carboxylic acids is 4. The van der Waals surface area contributed by atoms with Crippen LogP contribution < -0.4 is 11.1 Å². The highest BCUT2D eigenvalue weighted by Crippen LogP contribution is 2.42. The van der Waals surface area contributed by atoms with Crippen molar-refractivity contribution in [2.75, 3.05) is 37.9 Å². The van der Waals surface area contributed by atoms with Gasteiger partial charge in [0.15, 0.2) is 5.13 Å². The second-order valence-corrected chi connectivity index (χ2v) is 13.8. The SMILES string of the molecule is CCCC(C)OC(=O)OC(CC)OC(=O)C1=C(CSc2nnnn2CCN(C)C)CS[C@@H]2[C@H](NC(=O)Cc3csc(N)n3)C(=O)N12.Cl.Cl. The number of aromatic nitrogens is 5. The van der Waals surface area contributed by atoms with Crippen molar-refractivity contribution >= 4 is 88.7 Å². The molecule has 16 nitrogen and oxygen atoms in total. The first-order valence-electron chi connectivity index (χ1n) is 14.8. The standard InChI is InChI=1S/C27H39N9O7S3.2ClH/c1-6-8-15(3)41-27(40)43-19(7-2)42-24(39)21-16(13-46-26-31-32-33-35(26)10-9-34(4)5)12-44-23-20(22(38)36(21)23)30-18(37)11-17-14-45-25(28)29-17;;/h14-15,19-20,23H,6-13H2,1-5H3,(H2,28,29)(H,30,37);2*1H/t15?,19?,20-,23-;;/m1../s1. The Bertz CT molecular complexity index is 1440. The Morgan fingerprint density at radius 3 is 2.60 bits per heavy atom. The number of nitrogens with zero attached hydrogens (tertiary/aromatic N) is 7. The lowest BCUT2D eigenvalue weighted by atomic mass is 10.0. The maximum Gasteiger partial charge on any atom is 0.511 e. The van der Waals surface area contributed by atoms with Gasteiger partial charge in [-0.1, -0.05) is 32.0 Å². The van der Waals surface area contributed by atoms with Crippen LogP contribution in [0.3, 0.4) is 0 Å². The highest BCUT2D eigenvalue weighted by molar-refractivity contribution is 8.01. The number of rotatable bonds is 16. The lowest BCUT2D eigenvalue weighted by molar-refractivity contribution is -0.173. The van der Waals surface area contributed by atoms with Crippen molar-refractivity contribution in [3.63, 3.8) is 0 Å². The van der Waals surface area contributed by atoms with E-state index in [0.717, 1.165) is 13.0 Å². The molecule has 2 aliphatic heterocycles. The average Bonchev–Trinajstić information content (AvgIpc) is 3.64. The molecule has 0 bridgehead atoms. The average molecular weight is 771 g/mol. The van der Waals surface area contributed by atoms with Gasteiger partial charge in [-0.25, -0.2) is 19.3 Å². The van der Waals surface area contributed by atoms with E-state index in [0.29, 0.717) is 40.3 Å². The number of likely N-dealkylation sites (N-methyl/N-ethyl adjacent to an activating group) is 1. The Morgan fingerprint density at radius 2 is 1.96 bits per heavy atom. The monoisotopic (exact) mass is 769 g/mol. The van der Waals surface area contributed by atoms with Crippen LogP contribution in [0.1, 0.15) is 45.7 Å². The van der Waals surface area contributed by atoms with Crippen molar-refractivity contribution in [1.82, 2.24) is 40.3 Å². The van der Waals surface area contributed by atoms with Crippen molar-refractivity contribution in [2.45, 2.75) is 82.0 Å². The molecule has 0 aliphatic carbocycles. The van der Waals surface area contributed by atoms with E-state index in [9.17, 15) is 19.2 Å². The number of esters is 1. The number of hydrogen-bond acceptors (Lipinski definition) is 16. The zero-order valence-electron chi connectivity index (χ0n) is 27.2. The fourth-order valence-corrected chi connectivity index (χ4v) is 7.54. The molecule has 0 radical (unpaired) electrons. The summed E-state index contributed by atoms with van der Waals surface area (Å²) in [5, 5.41) is 16.8. The van der Waals surface area contributed by atoms with Crippen molar-refractivity contribution in [2.24, 2.45) is 0 Å². The molecule has 0 spiro atoms. The van der Waals surface area contributed by atoms with E-state index in [1.165, 1.54) is 39.8 Å². The fourth-order valence-electron chi connectivity index (χ4n) is 4.59. The number of fused-ring (bicyclic) bond motifs is 1. The Kier molecular flexibility index (Phi) is 16.7. The molecule has 4 rings (SSSR count). The summed E-state index contributed by atoms with van der Waals surface area (Å²) in [6.07, 6.45) is -0.943. The molecule has 2 aromatic heterocycles. The van der Waals surface area contributed by atoms with E-state index in [1.54, 1.807) is 23.9 Å². The number of halogens is 2. The molecule has 21 heteroatoms. The quantitative estimate of drug-likeness (QED) is 0.109. The van der Waals surface area contributed by atoms with E-state index in [-0.39, 0.29) is 55.2 Å². The third kappa shape index (κ3) is 10.8. The third-order valence-corrected chi connectivity index (χ3v) is 10.00. The van der Waals surface area contributed by atoms with E-state index in [4.69, 9.17) is 19.9 Å². The predicted molar refractivity (Wildman–Crippen MR) is 186 cm³/mol. The second-order valence-electron chi connectivity index (χ2n) is 10.9. The minimum absolute atomic E-state index is 0. The molecule has 3 N–H and O–H groups in total. The lowest BCUT2D eigenvalue weighted by Gasteiger charge is -2.49. The van der Waals surface area contributed by atoms with Gasteiger partial charge >= 0.3 is 12.1 Å². The van der Waals surface area contributed by atoms with Crippen molar-refractivity contribution in [3.05, 3.63) is 22.3 Å². The van der Waals surface area contributed by atoms with Gasteiger partial charge in [0.25, 0.3) is 12.2 Å². The maximum atomic E-state index is 13.7. The van der Waals surface area contributed by atoms with Crippen molar-refractivity contribution < 1.29 is 33.4 Å². The number of nitrogens with two attached hydrogens (primary N) is 1. The first kappa shape index (κ1) is 41.3. The van der Waals surface area contributed by atoms with Gasteiger partial charge in [0.2, 0.25) is 11.1 Å². The minimum Gasteiger partial charge on any atom is -0.431 e. The predicted octanol–water partition coefficient (Wildman–Crippen LogP) is 2.73. The minimum atomic E-state index is -1.24. The molecule has 48 heavy (non-hydrogen) atoms. The van der Waals surface area contributed by atoms with Crippen LogP contribution in [0.25, 0.3) is 0 Å². The van der Waals surface area contributed by atoms with Gasteiger partial charge in [0, 0.05) is 29.9 Å². The lowest BCUT2D eigenvalue weighted by Crippen LogP contribution is -2.70. The number of nitrogen functional groups attached to an aromatic ring is 1. The summed E-state index contributed by atoms with van der Waals surface area (Å²) in [6, 6.07) is -0.850. The number of carbonyl (C=O) groups is 4. The third-order valence-electron chi connectivity index (χ3n) is 6.89. The van der Waals surface area contributed by atoms with Gasteiger partial charge < -0.3 is 30.2 Å². The number of nitrogens with one attached hydrogen (secondary N) is 1. The van der Waals surface area contributed by atoms with E-state index < -0.39 is 41.6 Å². The number of tetrazole rings is 1. The molecule has 0 saturated carbocycles. The zero-order valence-corrected chi connectivity index (χ0v) is 31.2. The van der Waals surface area contributed by atoms with Crippen LogP contribution in [0.5, 0.6) is 0 Å². The zero-order chi connectivity index (χ0) is 33.4. The normalized spacial score (nSPS) is 18.1. The van der Waals surface area contributed by atoms with Crippen molar-refractivity contribution in [3.8, 4) is 0 Å². The molecule has 4 atom stereocenters. The van der Waals surface area contributed by atoms with Gasteiger partial charge in [-0.05, 0) is 43.4 Å². The van der Waals surface area contributed by atoms with Crippen LogP contribution in [0.4, 0.5) is 9.93 Å². The molecule has 268 valence electrons. The number of anilines is 1. The summed E-state index contributed by atoms with van der Waals surface area (Å²) in [5.74, 6) is -1.03. The van der Waals surface area contributed by atoms with Crippen LogP contribution in [0, 0.1) is 0 Å². The Hall–Kier alpha value is -2.84. The second kappa shape index (κ2) is 19.4. The summed E-state index contributed by atoms with van der Waals surface area (Å²) in [5.41, 5.74) is 6.83. The molecule has 2 amide bonds. The summed E-state index contributed by atoms with van der Waals surface area (Å²) in [6.45, 7) is 6.69. The Morgan fingerprint density at radius 1 is 1.21 bits per heavy atom. The summed E-state index contributed by atoms with van der Waals surface area (Å²) >= 11 is 3.96. The molecule has 0 aromatic carbocycles. The molecule has 2 aromatic rings. The van der Waals surface area contributed by atoms with Gasteiger partial charge in [-0.2, -0.15) is 0 Å². The van der Waals surface area contributed by atoms with Crippen LogP contribution in [0.15, 0.2) is 21.8 Å². The molecular weight excluding hydrogens is 729 g/mol. The summed E-state index contributed by atoms with van der Waals surface area (Å²) < 4.78 is 17.8. The van der Waals surface area contributed by atoms with E-state index in [2.05, 4.69) is 25.8 Å². The smallest absolute Gasteiger partial charge is 0.431 e. The van der Waals surface area contributed by atoms with Gasteiger partial charge in [-0.15, -0.1) is 53.0 Å². The van der Waals surface area contributed by atoms with Crippen LogP contribution >= 0.6 is 59.7 Å². The van der Waals surface area contributed by atoms with Gasteiger partial charge in [-0.3, -0.25) is 14.5 Å². The number of ether oxygens (including phenoxy) is 3. The Labute approximate surface area is 303 Å². The highest BCUT2D eigenvalue weighted by Gasteiger charge is 2.54. The number of thiazole rings is 1. The summed E-state index contributed by atoms with van der Waals surface area (Å²) in [7, 11) is 3.89. The Balaban J connectivity index is 0.00000400. The first-order valence-corrected chi connectivity index (χ1v) is 17.7. The molecular formula is C27H41Cl2N9O7S3. The molecule has 2 aliphatic rings. The largest absolute Gasteiger partial charge is 0.511 e. The maximum absolute atomic E-state index is 13.7. The number of β-lactam (4-membered cyclic amide) rings is 1. The van der Waals surface area contributed by atoms with Crippen LogP contribution in [-0.2, 0) is 41.6 Å². The summed E-state index contributed by atoms with van der Waals surface area (Å²) in [4.78, 5) is 59.7. The molecule has 1 fully saturated rings. The highest BCUT2D eigenvalue weighted by atomic mass is 35.5.